The van der Waals surface area contributed by atoms with Gasteiger partial charge in [0.2, 0.25) is 0 Å². The minimum absolute atomic E-state index is 1.08. The molecule has 0 aromatic heterocycles. The summed E-state index contributed by atoms with van der Waals surface area (Å²) < 4.78 is 0. The second kappa shape index (κ2) is 17.2. The maximum Gasteiger partial charge on any atom is -0.00201 e. The highest BCUT2D eigenvalue weighted by atomic mass is 14.2. The standard InChI is InChI=1S/C68H46/c1-3-53-54(4-2)67(57-27-13-11-25-55(57)46-21-7-5-8-22-46)62-32-18-15-29-59(62)65(53)48-37-35-45(36-38-48)49-39-40-51-44-52(42-41-50(51)43-49)66-60-30-16-19-33-63(60)68(64-34-20-17-31-61(64)66)58-28-14-12-26-56(58)47-23-9-6-10-24-47/h3-44H,1-2H2. The summed E-state index contributed by atoms with van der Waals surface area (Å²) >= 11 is 0. The SMILES string of the molecule is C=Cc1c(C=C)c(-c2ccccc2-c2ccccc2)c2ccccc2c1-c1ccc(-c2ccc3cc(-c4c5ccccc5c(-c5ccccc5-c5ccccc5)c5ccccc45)ccc3c2)cc1. The lowest BCUT2D eigenvalue weighted by molar-refractivity contribution is 1.56. The van der Waals surface area contributed by atoms with Crippen LogP contribution in [-0.4, -0.2) is 0 Å². The largest absolute Gasteiger partial charge is 0.0984 e. The molecule has 0 bridgehead atoms. The molecule has 0 radical (unpaired) electrons. The molecule has 0 aliphatic heterocycles. The van der Waals surface area contributed by atoms with Crippen molar-refractivity contribution in [2.24, 2.45) is 0 Å². The van der Waals surface area contributed by atoms with Crippen molar-refractivity contribution >= 4 is 55.2 Å². The molecule has 0 nitrogen and oxygen atoms in total. The quantitative estimate of drug-likeness (QED) is 0.127. The summed E-state index contributed by atoms with van der Waals surface area (Å²) in [6.45, 7) is 8.76. The lowest BCUT2D eigenvalue weighted by Crippen LogP contribution is -1.97. The third-order valence-corrected chi connectivity index (χ3v) is 13.8. The van der Waals surface area contributed by atoms with Gasteiger partial charge in [-0.3, -0.25) is 0 Å². The Morgan fingerprint density at radius 2 is 0.559 bits per heavy atom. The van der Waals surface area contributed by atoms with Gasteiger partial charge in [-0.25, -0.2) is 0 Å². The van der Waals surface area contributed by atoms with Gasteiger partial charge in [0.15, 0.2) is 0 Å². The van der Waals surface area contributed by atoms with E-state index in [1.165, 1.54) is 110 Å². The van der Waals surface area contributed by atoms with Crippen LogP contribution in [0.15, 0.2) is 256 Å². The first-order valence-corrected chi connectivity index (χ1v) is 23.4. The maximum absolute atomic E-state index is 4.38. The van der Waals surface area contributed by atoms with Crippen LogP contribution in [0.1, 0.15) is 11.1 Å². The molecule has 0 N–H and O–H groups in total. The van der Waals surface area contributed by atoms with Gasteiger partial charge >= 0.3 is 0 Å². The predicted octanol–water partition coefficient (Wildman–Crippen LogP) is 19.3. The van der Waals surface area contributed by atoms with E-state index in [0.29, 0.717) is 0 Å². The van der Waals surface area contributed by atoms with Gasteiger partial charge in [-0.2, -0.15) is 0 Å². The number of rotatable bonds is 9. The normalized spacial score (nSPS) is 11.4. The minimum Gasteiger partial charge on any atom is -0.0984 e. The molecule has 0 amide bonds. The van der Waals surface area contributed by atoms with Crippen LogP contribution in [0.2, 0.25) is 0 Å². The van der Waals surface area contributed by atoms with Gasteiger partial charge in [0.05, 0.1) is 0 Å². The number of fused-ring (bicyclic) bond motifs is 4. The average molecular weight is 863 g/mol. The molecule has 0 heterocycles. The van der Waals surface area contributed by atoms with E-state index in [9.17, 15) is 0 Å². The van der Waals surface area contributed by atoms with Gasteiger partial charge in [-0.05, 0) is 144 Å². The zero-order valence-electron chi connectivity index (χ0n) is 37.7. The maximum atomic E-state index is 4.38. The fourth-order valence-corrected chi connectivity index (χ4v) is 10.8. The lowest BCUT2D eigenvalue weighted by atomic mass is 9.81. The molecule has 0 saturated carbocycles. The van der Waals surface area contributed by atoms with Gasteiger partial charge < -0.3 is 0 Å². The molecule has 68 heavy (non-hydrogen) atoms. The third kappa shape index (κ3) is 6.86. The zero-order valence-corrected chi connectivity index (χ0v) is 37.7. The van der Waals surface area contributed by atoms with E-state index in [0.717, 1.165) is 22.3 Å². The minimum atomic E-state index is 1.08. The zero-order chi connectivity index (χ0) is 45.6. The van der Waals surface area contributed by atoms with Crippen LogP contribution in [0.4, 0.5) is 0 Å². The summed E-state index contributed by atoms with van der Waals surface area (Å²) in [6.07, 6.45) is 4.01. The molecule has 0 saturated heterocycles. The topological polar surface area (TPSA) is 0 Å². The molecule has 12 rings (SSSR count). The molecule has 0 aliphatic rings. The highest BCUT2D eigenvalue weighted by Gasteiger charge is 2.22. The van der Waals surface area contributed by atoms with Crippen molar-refractivity contribution in [2.75, 3.05) is 0 Å². The lowest BCUT2D eigenvalue weighted by Gasteiger charge is -2.22. The number of hydrogen-bond acceptors (Lipinski definition) is 0. The Morgan fingerprint density at radius 1 is 0.221 bits per heavy atom. The second-order valence-corrected chi connectivity index (χ2v) is 17.5. The summed E-state index contributed by atoms with van der Waals surface area (Å²) in [5.74, 6) is 0. The third-order valence-electron chi connectivity index (χ3n) is 13.8. The van der Waals surface area contributed by atoms with Crippen LogP contribution in [0.5, 0.6) is 0 Å². The van der Waals surface area contributed by atoms with Crippen LogP contribution in [-0.2, 0) is 0 Å². The van der Waals surface area contributed by atoms with E-state index in [-0.39, 0.29) is 0 Å². The van der Waals surface area contributed by atoms with Gasteiger partial charge in [-0.15, -0.1) is 0 Å². The summed E-state index contributed by atoms with van der Waals surface area (Å²) in [7, 11) is 0. The first-order chi connectivity index (χ1) is 33.7. The first kappa shape index (κ1) is 40.7. The monoisotopic (exact) mass is 862 g/mol. The van der Waals surface area contributed by atoms with Crippen LogP contribution < -0.4 is 0 Å². The Morgan fingerprint density at radius 3 is 1.06 bits per heavy atom. The molecule has 12 aromatic rings. The summed E-state index contributed by atoms with van der Waals surface area (Å²) in [4.78, 5) is 0. The molecular weight excluding hydrogens is 817 g/mol. The number of benzene rings is 12. The molecule has 0 spiro atoms. The van der Waals surface area contributed by atoms with Gasteiger partial charge in [0, 0.05) is 0 Å². The van der Waals surface area contributed by atoms with Crippen molar-refractivity contribution in [1.29, 1.82) is 0 Å². The molecule has 0 aliphatic carbocycles. The average Bonchev–Trinajstić information content (AvgIpc) is 3.42. The molecular formula is C68H46. The molecule has 0 unspecified atom stereocenters. The summed E-state index contributed by atoms with van der Waals surface area (Å²) in [5.41, 5.74) is 19.0. The highest BCUT2D eigenvalue weighted by Crippen LogP contribution is 2.48. The van der Waals surface area contributed by atoms with Crippen molar-refractivity contribution in [3.63, 3.8) is 0 Å². The van der Waals surface area contributed by atoms with Crippen molar-refractivity contribution in [1.82, 2.24) is 0 Å². The molecule has 0 atom stereocenters. The predicted molar refractivity (Wildman–Crippen MR) is 295 cm³/mol. The Bertz CT molecular complexity index is 3850. The smallest absolute Gasteiger partial charge is 0.00201 e. The fourth-order valence-electron chi connectivity index (χ4n) is 10.8. The molecule has 0 heteroatoms. The van der Waals surface area contributed by atoms with Crippen molar-refractivity contribution in [2.45, 2.75) is 0 Å². The van der Waals surface area contributed by atoms with E-state index >= 15 is 0 Å². The van der Waals surface area contributed by atoms with Gasteiger partial charge in [-0.1, -0.05) is 256 Å². The number of hydrogen-bond donors (Lipinski definition) is 0. The Kier molecular flexibility index (Phi) is 10.3. The van der Waals surface area contributed by atoms with Crippen LogP contribution in [0.3, 0.4) is 0 Å². The van der Waals surface area contributed by atoms with E-state index in [2.05, 4.69) is 256 Å². The van der Waals surface area contributed by atoms with Crippen molar-refractivity contribution < 1.29 is 0 Å². The van der Waals surface area contributed by atoms with Crippen molar-refractivity contribution in [3.8, 4) is 77.9 Å². The van der Waals surface area contributed by atoms with E-state index < -0.39 is 0 Å². The van der Waals surface area contributed by atoms with E-state index in [1.807, 2.05) is 12.2 Å². The first-order valence-electron chi connectivity index (χ1n) is 23.4. The van der Waals surface area contributed by atoms with Crippen molar-refractivity contribution in [3.05, 3.63) is 267 Å². The molecule has 0 fully saturated rings. The van der Waals surface area contributed by atoms with E-state index in [4.69, 9.17) is 0 Å². The fraction of sp³-hybridized carbons (Fsp3) is 0. The van der Waals surface area contributed by atoms with E-state index in [1.54, 1.807) is 0 Å². The Balaban J connectivity index is 0.934. The van der Waals surface area contributed by atoms with Gasteiger partial charge in [0.1, 0.15) is 0 Å². The molecule has 12 aromatic carbocycles. The van der Waals surface area contributed by atoms with Crippen LogP contribution in [0, 0.1) is 0 Å². The summed E-state index contributed by atoms with van der Waals surface area (Å²) in [5, 5.41) is 9.80. The second-order valence-electron chi connectivity index (χ2n) is 17.5. The van der Waals surface area contributed by atoms with Crippen LogP contribution >= 0.6 is 0 Å². The molecule has 318 valence electrons. The van der Waals surface area contributed by atoms with Gasteiger partial charge in [0.25, 0.3) is 0 Å². The highest BCUT2D eigenvalue weighted by molar-refractivity contribution is 6.23. The summed E-state index contributed by atoms with van der Waals surface area (Å²) in [6, 6.07) is 88.4. The Labute approximate surface area is 398 Å². The van der Waals surface area contributed by atoms with Crippen LogP contribution in [0.25, 0.3) is 133 Å². The Hall–Kier alpha value is -8.84.